The Labute approximate surface area is 154 Å². The number of nitrogens with one attached hydrogen (secondary N) is 1. The zero-order valence-electron chi connectivity index (χ0n) is 13.3. The number of aromatic nitrogens is 1. The lowest BCUT2D eigenvalue weighted by molar-refractivity contribution is -0.113. The van der Waals surface area contributed by atoms with Crippen molar-refractivity contribution in [3.05, 3.63) is 46.7 Å². The lowest BCUT2D eigenvalue weighted by atomic mass is 10.1. The van der Waals surface area contributed by atoms with Gasteiger partial charge < -0.3 is 5.32 Å². The molecule has 1 aromatic heterocycles. The molecule has 1 aliphatic rings. The molecular weight excluding hydrogens is 383 g/mol. The highest BCUT2D eigenvalue weighted by Gasteiger charge is 2.28. The Balaban J connectivity index is 1.47. The fraction of sp³-hybridized carbons (Fsp3) is 0.375. The van der Waals surface area contributed by atoms with Crippen LogP contribution < -0.4 is 5.32 Å². The molecule has 134 valence electrons. The summed E-state index contributed by atoms with van der Waals surface area (Å²) in [6.07, 6.45) is 2.93. The standard InChI is InChI=1S/C16H17FN2O3S3/c17-12-3-1-11(2-4-12)7-14-8-18-16(24-14)19-15(20)9-23-13-5-6-25(21,22)10-13/h1-4,8,13H,5-7,9-10H2,(H,18,19,20). The number of hydrogen-bond donors (Lipinski definition) is 1. The minimum atomic E-state index is -2.92. The van der Waals surface area contributed by atoms with Crippen LogP contribution in [0.25, 0.3) is 0 Å². The topological polar surface area (TPSA) is 76.1 Å². The number of thiazole rings is 1. The molecule has 1 fully saturated rings. The summed E-state index contributed by atoms with van der Waals surface area (Å²) in [7, 11) is -2.92. The Bertz CT molecular complexity index is 850. The van der Waals surface area contributed by atoms with Crippen molar-refractivity contribution in [3.63, 3.8) is 0 Å². The van der Waals surface area contributed by atoms with Gasteiger partial charge in [-0.1, -0.05) is 12.1 Å². The van der Waals surface area contributed by atoms with Gasteiger partial charge in [0.2, 0.25) is 5.91 Å². The van der Waals surface area contributed by atoms with Crippen molar-refractivity contribution in [1.29, 1.82) is 0 Å². The Kier molecular flexibility index (Phi) is 5.75. The molecule has 25 heavy (non-hydrogen) atoms. The number of benzene rings is 1. The van der Waals surface area contributed by atoms with Crippen LogP contribution >= 0.6 is 23.1 Å². The van der Waals surface area contributed by atoms with Crippen molar-refractivity contribution in [2.75, 3.05) is 22.6 Å². The molecular formula is C16H17FN2O3S3. The lowest BCUT2D eigenvalue weighted by Crippen LogP contribution is -2.17. The first kappa shape index (κ1) is 18.3. The van der Waals surface area contributed by atoms with Gasteiger partial charge in [-0.25, -0.2) is 17.8 Å². The van der Waals surface area contributed by atoms with E-state index in [1.165, 1.54) is 35.2 Å². The summed E-state index contributed by atoms with van der Waals surface area (Å²) >= 11 is 2.75. The summed E-state index contributed by atoms with van der Waals surface area (Å²) in [5, 5.41) is 3.26. The Morgan fingerprint density at radius 1 is 1.36 bits per heavy atom. The van der Waals surface area contributed by atoms with E-state index >= 15 is 0 Å². The largest absolute Gasteiger partial charge is 0.301 e. The molecule has 1 unspecified atom stereocenters. The van der Waals surface area contributed by atoms with Crippen LogP contribution in [0.3, 0.4) is 0 Å². The van der Waals surface area contributed by atoms with Crippen LogP contribution in [0.5, 0.6) is 0 Å². The van der Waals surface area contributed by atoms with Gasteiger partial charge in [-0.2, -0.15) is 0 Å². The summed E-state index contributed by atoms with van der Waals surface area (Å²) < 4.78 is 35.7. The third kappa shape index (κ3) is 5.52. The average Bonchev–Trinajstić information content (AvgIpc) is 3.13. The van der Waals surface area contributed by atoms with E-state index in [9.17, 15) is 17.6 Å². The van der Waals surface area contributed by atoms with Gasteiger partial charge in [-0.3, -0.25) is 4.79 Å². The van der Waals surface area contributed by atoms with Gasteiger partial charge in [-0.05, 0) is 24.1 Å². The van der Waals surface area contributed by atoms with E-state index in [4.69, 9.17) is 0 Å². The summed E-state index contributed by atoms with van der Waals surface area (Å²) in [6, 6.07) is 6.28. The van der Waals surface area contributed by atoms with E-state index < -0.39 is 9.84 Å². The van der Waals surface area contributed by atoms with E-state index in [-0.39, 0.29) is 34.2 Å². The second kappa shape index (κ2) is 7.84. The van der Waals surface area contributed by atoms with Crippen LogP contribution in [0.15, 0.2) is 30.5 Å². The smallest absolute Gasteiger partial charge is 0.236 e. The second-order valence-corrected chi connectivity index (χ2v) is 10.5. The van der Waals surface area contributed by atoms with Crippen LogP contribution in [-0.2, 0) is 21.1 Å². The van der Waals surface area contributed by atoms with E-state index in [0.29, 0.717) is 18.0 Å². The van der Waals surface area contributed by atoms with Gasteiger partial charge in [0.25, 0.3) is 0 Å². The highest BCUT2D eigenvalue weighted by molar-refractivity contribution is 8.02. The molecule has 1 saturated heterocycles. The first-order valence-corrected chi connectivity index (χ1v) is 11.4. The second-order valence-electron chi connectivity index (χ2n) is 5.82. The number of rotatable bonds is 6. The minimum absolute atomic E-state index is 0.00100. The number of nitrogens with zero attached hydrogens (tertiary/aromatic N) is 1. The highest BCUT2D eigenvalue weighted by Crippen LogP contribution is 2.25. The van der Waals surface area contributed by atoms with Crippen LogP contribution in [0.4, 0.5) is 9.52 Å². The van der Waals surface area contributed by atoms with E-state index in [2.05, 4.69) is 10.3 Å². The molecule has 2 heterocycles. The van der Waals surface area contributed by atoms with Crippen LogP contribution in [-0.4, -0.2) is 41.8 Å². The van der Waals surface area contributed by atoms with Crippen LogP contribution in [0, 0.1) is 5.82 Å². The van der Waals surface area contributed by atoms with Crippen molar-refractivity contribution in [2.24, 2.45) is 0 Å². The van der Waals surface area contributed by atoms with Crippen LogP contribution in [0.1, 0.15) is 16.9 Å². The number of halogens is 1. The SMILES string of the molecule is O=C(CSC1CCS(=O)(=O)C1)Nc1ncc(Cc2ccc(F)cc2)s1. The number of carbonyl (C=O) groups excluding carboxylic acids is 1. The van der Waals surface area contributed by atoms with Gasteiger partial charge >= 0.3 is 0 Å². The number of thioether (sulfide) groups is 1. The monoisotopic (exact) mass is 400 g/mol. The number of sulfone groups is 1. The maximum absolute atomic E-state index is 12.9. The fourth-order valence-corrected chi connectivity index (χ4v) is 6.80. The Hall–Kier alpha value is -1.45. The summed E-state index contributed by atoms with van der Waals surface area (Å²) in [6.45, 7) is 0. The molecule has 1 aliphatic heterocycles. The van der Waals surface area contributed by atoms with Crippen molar-refractivity contribution < 1.29 is 17.6 Å². The van der Waals surface area contributed by atoms with E-state index in [1.807, 2.05) is 0 Å². The minimum Gasteiger partial charge on any atom is -0.301 e. The third-order valence-electron chi connectivity index (χ3n) is 3.73. The summed E-state index contributed by atoms with van der Waals surface area (Å²) in [5.41, 5.74) is 0.973. The maximum Gasteiger partial charge on any atom is 0.236 e. The zero-order valence-corrected chi connectivity index (χ0v) is 15.7. The number of hydrogen-bond acceptors (Lipinski definition) is 6. The van der Waals surface area contributed by atoms with Gasteiger partial charge in [0, 0.05) is 22.7 Å². The highest BCUT2D eigenvalue weighted by atomic mass is 32.2. The quantitative estimate of drug-likeness (QED) is 0.807. The van der Waals surface area contributed by atoms with Crippen molar-refractivity contribution >= 4 is 44.0 Å². The number of carbonyl (C=O) groups is 1. The molecule has 0 radical (unpaired) electrons. The van der Waals surface area contributed by atoms with Crippen molar-refractivity contribution in [3.8, 4) is 0 Å². The molecule has 0 bridgehead atoms. The molecule has 1 atom stereocenters. The first-order chi connectivity index (χ1) is 11.9. The third-order valence-corrected chi connectivity index (χ3v) is 7.93. The molecule has 1 aromatic carbocycles. The molecule has 0 saturated carbocycles. The van der Waals surface area contributed by atoms with Gasteiger partial charge in [0.05, 0.1) is 17.3 Å². The number of amides is 1. The maximum atomic E-state index is 12.9. The average molecular weight is 401 g/mol. The predicted molar refractivity (Wildman–Crippen MR) is 99.5 cm³/mol. The molecule has 1 N–H and O–H groups in total. The van der Waals surface area contributed by atoms with Crippen molar-refractivity contribution in [1.82, 2.24) is 4.98 Å². The predicted octanol–water partition coefficient (Wildman–Crippen LogP) is 2.73. The number of anilines is 1. The molecule has 0 aliphatic carbocycles. The first-order valence-electron chi connectivity index (χ1n) is 7.71. The molecule has 5 nitrogen and oxygen atoms in total. The Morgan fingerprint density at radius 2 is 2.12 bits per heavy atom. The fourth-order valence-electron chi connectivity index (χ4n) is 2.49. The molecule has 1 amide bonds. The van der Waals surface area contributed by atoms with Crippen molar-refractivity contribution in [2.45, 2.75) is 18.1 Å². The van der Waals surface area contributed by atoms with Gasteiger partial charge in [-0.15, -0.1) is 23.1 Å². The van der Waals surface area contributed by atoms with Gasteiger partial charge in [0.1, 0.15) is 5.82 Å². The normalized spacial score (nSPS) is 19.0. The molecule has 0 spiro atoms. The van der Waals surface area contributed by atoms with E-state index in [0.717, 1.165) is 10.4 Å². The molecule has 2 aromatic rings. The Morgan fingerprint density at radius 3 is 2.80 bits per heavy atom. The lowest BCUT2D eigenvalue weighted by Gasteiger charge is -2.06. The summed E-state index contributed by atoms with van der Waals surface area (Å²) in [5.74, 6) is 0.133. The summed E-state index contributed by atoms with van der Waals surface area (Å²) in [4.78, 5) is 17.1. The molecule has 3 rings (SSSR count). The van der Waals surface area contributed by atoms with E-state index in [1.54, 1.807) is 18.3 Å². The zero-order chi connectivity index (χ0) is 17.9. The van der Waals surface area contributed by atoms with Crippen LogP contribution in [0.2, 0.25) is 0 Å². The molecule has 9 heteroatoms. The van der Waals surface area contributed by atoms with Gasteiger partial charge in [0.15, 0.2) is 15.0 Å².